The molecule has 2 heteroatoms. The van der Waals surface area contributed by atoms with E-state index in [2.05, 4.69) is 26.8 Å². The lowest BCUT2D eigenvalue weighted by Gasteiger charge is -2.59. The molecule has 1 unspecified atom stereocenters. The zero-order valence-corrected chi connectivity index (χ0v) is 19.5. The molecule has 3 fully saturated rings. The summed E-state index contributed by atoms with van der Waals surface area (Å²) >= 11 is 0. The molecule has 29 heavy (non-hydrogen) atoms. The third-order valence-electron chi connectivity index (χ3n) is 10.4. The smallest absolute Gasteiger partial charge is 0.135 e. The normalized spacial score (nSPS) is 45.2. The molecular weight excluding hydrogens is 356 g/mol. The molecule has 0 aliphatic heterocycles. The van der Waals surface area contributed by atoms with Crippen molar-refractivity contribution >= 4 is 5.78 Å². The predicted molar refractivity (Wildman–Crippen MR) is 119 cm³/mol. The van der Waals surface area contributed by atoms with Crippen LogP contribution in [0, 0.1) is 46.3 Å². The van der Waals surface area contributed by atoms with Gasteiger partial charge in [0, 0.05) is 17.8 Å². The minimum absolute atomic E-state index is 0.0376. The Morgan fingerprint density at radius 3 is 2.62 bits per heavy atom. The minimum atomic E-state index is -0.141. The van der Waals surface area contributed by atoms with Crippen LogP contribution in [0.4, 0.5) is 0 Å². The van der Waals surface area contributed by atoms with Crippen LogP contribution in [0.1, 0.15) is 98.8 Å². The van der Waals surface area contributed by atoms with Crippen molar-refractivity contribution < 1.29 is 9.90 Å². The summed E-state index contributed by atoms with van der Waals surface area (Å²) in [5, 5.41) is 11.0. The van der Waals surface area contributed by atoms with Gasteiger partial charge in [-0.1, -0.05) is 46.3 Å². The van der Waals surface area contributed by atoms with Crippen molar-refractivity contribution in [1.82, 2.24) is 0 Å². The number of fused-ring (bicyclic) bond motifs is 5. The van der Waals surface area contributed by atoms with Gasteiger partial charge in [0.15, 0.2) is 0 Å². The summed E-state index contributed by atoms with van der Waals surface area (Å²) in [6.45, 7) is 11.5. The maximum atomic E-state index is 12.2. The Morgan fingerprint density at radius 1 is 1.14 bits per heavy atom. The molecule has 0 aromatic heterocycles. The molecule has 8 atom stereocenters. The lowest BCUT2D eigenvalue weighted by Crippen LogP contribution is -2.54. The molecule has 4 aliphatic carbocycles. The molecule has 1 N–H and O–H groups in total. The average Bonchev–Trinajstić information content (AvgIpc) is 3.04. The molecule has 0 aromatic rings. The highest BCUT2D eigenvalue weighted by Gasteiger charge is 2.60. The number of aliphatic hydroxyl groups excluding tert-OH is 1. The Hall–Kier alpha value is -0.630. The number of allylic oxidation sites excluding steroid dienone is 1. The van der Waals surface area contributed by atoms with E-state index in [1.807, 2.05) is 13.8 Å². The minimum Gasteiger partial charge on any atom is -0.392 e. The first kappa shape index (κ1) is 21.6. The molecule has 4 rings (SSSR count). The quantitative estimate of drug-likeness (QED) is 0.530. The second-order valence-electron chi connectivity index (χ2n) is 11.9. The van der Waals surface area contributed by atoms with Gasteiger partial charge in [0.25, 0.3) is 0 Å². The van der Waals surface area contributed by atoms with Crippen molar-refractivity contribution in [3.05, 3.63) is 11.6 Å². The van der Waals surface area contributed by atoms with Crippen LogP contribution in [0.2, 0.25) is 0 Å². The Balaban J connectivity index is 1.51. The van der Waals surface area contributed by atoms with E-state index >= 15 is 0 Å². The number of rotatable bonds is 5. The second-order valence-corrected chi connectivity index (χ2v) is 11.9. The summed E-state index contributed by atoms with van der Waals surface area (Å²) in [7, 11) is 0. The Labute approximate surface area is 178 Å². The van der Waals surface area contributed by atoms with Gasteiger partial charge in [-0.3, -0.25) is 4.79 Å². The number of Topliss-reactive ketones (excluding diaryl/α,β-unsaturated/α-hetero) is 1. The highest BCUT2D eigenvalue weighted by atomic mass is 16.3. The van der Waals surface area contributed by atoms with E-state index in [4.69, 9.17) is 0 Å². The fraction of sp³-hybridized carbons (Fsp3) is 0.889. The van der Waals surface area contributed by atoms with Crippen LogP contribution in [0.5, 0.6) is 0 Å². The van der Waals surface area contributed by atoms with Crippen LogP contribution in [0.15, 0.2) is 11.6 Å². The van der Waals surface area contributed by atoms with Gasteiger partial charge < -0.3 is 5.11 Å². The zero-order valence-electron chi connectivity index (χ0n) is 19.5. The third kappa shape index (κ3) is 3.36. The molecule has 0 radical (unpaired) electrons. The molecule has 0 spiro atoms. The van der Waals surface area contributed by atoms with Crippen molar-refractivity contribution in [2.24, 2.45) is 46.3 Å². The summed E-state index contributed by atoms with van der Waals surface area (Å²) in [6.07, 6.45) is 14.2. The highest BCUT2D eigenvalue weighted by Crippen LogP contribution is 2.67. The molecule has 0 heterocycles. The Morgan fingerprint density at radius 2 is 1.90 bits per heavy atom. The second kappa shape index (κ2) is 7.81. The van der Waals surface area contributed by atoms with Gasteiger partial charge in [0.05, 0.1) is 6.10 Å². The van der Waals surface area contributed by atoms with Gasteiger partial charge in [-0.15, -0.1) is 0 Å². The van der Waals surface area contributed by atoms with E-state index < -0.39 is 0 Å². The number of carbonyl (C=O) groups excluding carboxylic acids is 1. The summed E-state index contributed by atoms with van der Waals surface area (Å²) in [5.74, 6) is 4.26. The largest absolute Gasteiger partial charge is 0.392 e. The third-order valence-corrected chi connectivity index (χ3v) is 10.4. The number of ketones is 1. The first-order valence-electron chi connectivity index (χ1n) is 12.6. The molecule has 0 saturated heterocycles. The maximum Gasteiger partial charge on any atom is 0.135 e. The number of aliphatic hydroxyl groups is 1. The van der Waals surface area contributed by atoms with Crippen molar-refractivity contribution in [2.75, 3.05) is 0 Å². The van der Waals surface area contributed by atoms with Crippen molar-refractivity contribution in [3.63, 3.8) is 0 Å². The number of hydrogen-bond donors (Lipinski definition) is 1. The molecule has 164 valence electrons. The molecule has 2 nitrogen and oxygen atoms in total. The Bertz CT molecular complexity index is 663. The molecule has 0 bridgehead atoms. The van der Waals surface area contributed by atoms with Crippen LogP contribution >= 0.6 is 0 Å². The van der Waals surface area contributed by atoms with E-state index in [1.165, 1.54) is 38.5 Å². The van der Waals surface area contributed by atoms with E-state index in [9.17, 15) is 9.90 Å². The fourth-order valence-electron chi connectivity index (χ4n) is 8.55. The van der Waals surface area contributed by atoms with E-state index in [0.29, 0.717) is 23.0 Å². The first-order chi connectivity index (χ1) is 13.7. The van der Waals surface area contributed by atoms with Crippen molar-refractivity contribution in [2.45, 2.75) is 105 Å². The number of hydrogen-bond acceptors (Lipinski definition) is 2. The average molecular weight is 401 g/mol. The SMILES string of the molecule is CC(C)C(=O)CC[C@@H](C)[C@H]1CC[C@H]2[C@@H]3CC=C4CCCC(O)[C@]4(C)[C@H]3CC[C@]12C. The van der Waals surface area contributed by atoms with Crippen LogP contribution < -0.4 is 0 Å². The van der Waals surface area contributed by atoms with Gasteiger partial charge in [-0.05, 0) is 92.8 Å². The highest BCUT2D eigenvalue weighted by molar-refractivity contribution is 5.80. The zero-order chi connectivity index (χ0) is 21.0. The topological polar surface area (TPSA) is 37.3 Å². The van der Waals surface area contributed by atoms with Gasteiger partial charge in [0.1, 0.15) is 5.78 Å². The van der Waals surface area contributed by atoms with Crippen LogP contribution in [-0.4, -0.2) is 17.0 Å². The van der Waals surface area contributed by atoms with E-state index in [0.717, 1.165) is 43.4 Å². The molecule has 3 saturated carbocycles. The molecule has 4 aliphatic rings. The lowest BCUT2D eigenvalue weighted by molar-refractivity contribution is -0.122. The molecule has 0 amide bonds. The Kier molecular flexibility index (Phi) is 5.82. The van der Waals surface area contributed by atoms with Crippen molar-refractivity contribution in [1.29, 1.82) is 0 Å². The standard InChI is InChI=1S/C27H44O2/c1-17(2)24(28)14-9-18(3)21-12-13-22-20-11-10-19-7-6-8-25(29)27(19,5)23(20)15-16-26(21,22)4/h10,17-18,20-23,25,29H,6-9,11-16H2,1-5H3/t18-,20+,21-,22+,23+,25?,26-,27+/m1/s1. The van der Waals surface area contributed by atoms with E-state index in [-0.39, 0.29) is 17.4 Å². The summed E-state index contributed by atoms with van der Waals surface area (Å²) in [5.41, 5.74) is 2.05. The van der Waals surface area contributed by atoms with Crippen LogP contribution in [0.25, 0.3) is 0 Å². The predicted octanol–water partition coefficient (Wildman–Crippen LogP) is 6.57. The number of carbonyl (C=O) groups is 1. The molecule has 0 aromatic carbocycles. The lowest BCUT2D eigenvalue weighted by atomic mass is 9.46. The van der Waals surface area contributed by atoms with Crippen LogP contribution in [-0.2, 0) is 4.79 Å². The monoisotopic (exact) mass is 400 g/mol. The maximum absolute atomic E-state index is 12.2. The summed E-state index contributed by atoms with van der Waals surface area (Å²) < 4.78 is 0. The first-order valence-corrected chi connectivity index (χ1v) is 12.6. The molecular formula is C27H44O2. The van der Waals surface area contributed by atoms with E-state index in [1.54, 1.807) is 5.57 Å². The van der Waals surface area contributed by atoms with Crippen molar-refractivity contribution in [3.8, 4) is 0 Å². The van der Waals surface area contributed by atoms with Gasteiger partial charge >= 0.3 is 0 Å². The van der Waals surface area contributed by atoms with Crippen LogP contribution in [0.3, 0.4) is 0 Å². The van der Waals surface area contributed by atoms with Gasteiger partial charge in [0.2, 0.25) is 0 Å². The van der Waals surface area contributed by atoms with Gasteiger partial charge in [-0.2, -0.15) is 0 Å². The fourth-order valence-corrected chi connectivity index (χ4v) is 8.55. The summed E-state index contributed by atoms with van der Waals surface area (Å²) in [6, 6.07) is 0. The summed E-state index contributed by atoms with van der Waals surface area (Å²) in [4.78, 5) is 12.2. The van der Waals surface area contributed by atoms with Gasteiger partial charge in [-0.25, -0.2) is 0 Å².